The molecule has 0 bridgehead atoms. The lowest BCUT2D eigenvalue weighted by atomic mass is 10.5. The average molecular weight is 127 g/mol. The van der Waals surface area contributed by atoms with Crippen LogP contribution in [0.15, 0.2) is 0 Å². The van der Waals surface area contributed by atoms with Crippen molar-refractivity contribution in [2.24, 2.45) is 0 Å². The topological polar surface area (TPSA) is 29.5 Å². The molecule has 2 nitrogen and oxygen atoms in total. The molecule has 0 amide bonds. The lowest BCUT2D eigenvalue weighted by molar-refractivity contribution is 0.0765. The second-order valence-corrected chi connectivity index (χ2v) is 1.30. The molecule has 3 heteroatoms. The number of aliphatic hydroxyl groups excluding tert-OH is 1. The molecule has 0 aromatic carbocycles. The smallest absolute Gasteiger partial charge is 0.0745 e. The Labute approximate surface area is 49.9 Å². The van der Waals surface area contributed by atoms with Crippen LogP contribution in [0.3, 0.4) is 0 Å². The summed E-state index contributed by atoms with van der Waals surface area (Å²) in [5, 5.41) is 8.43. The minimum atomic E-state index is -0.324. The predicted octanol–water partition coefficient (Wildman–Crippen LogP) is 0.435. The first kappa shape index (κ1) is 10.2. The van der Waals surface area contributed by atoms with E-state index in [1.807, 2.05) is 0 Å². The second-order valence-electron chi connectivity index (χ2n) is 1.30. The number of rotatable bonds is 2. The van der Waals surface area contributed by atoms with E-state index in [9.17, 15) is 0 Å². The summed E-state index contributed by atoms with van der Waals surface area (Å²) in [4.78, 5) is 0. The van der Waals surface area contributed by atoms with Crippen molar-refractivity contribution in [3.63, 3.8) is 0 Å². The summed E-state index contributed by atoms with van der Waals surface area (Å²) in [5.41, 5.74) is 0. The van der Waals surface area contributed by atoms with Crippen molar-refractivity contribution in [2.75, 3.05) is 13.7 Å². The van der Waals surface area contributed by atoms with Crippen LogP contribution < -0.4 is 0 Å². The molecule has 1 atom stereocenters. The molecule has 0 aliphatic rings. The third-order valence-electron chi connectivity index (χ3n) is 0.408. The highest BCUT2D eigenvalue weighted by Crippen LogP contribution is 1.75. The second kappa shape index (κ2) is 6.21. The van der Waals surface area contributed by atoms with Crippen molar-refractivity contribution in [1.82, 2.24) is 0 Å². The Hall–Kier alpha value is 0.210. The fourth-order valence-electron chi connectivity index (χ4n) is 0.241. The largest absolute Gasteiger partial charge is 0.391 e. The van der Waals surface area contributed by atoms with Gasteiger partial charge >= 0.3 is 0 Å². The van der Waals surface area contributed by atoms with Gasteiger partial charge in [0.15, 0.2) is 0 Å². The van der Waals surface area contributed by atoms with Gasteiger partial charge < -0.3 is 9.84 Å². The van der Waals surface area contributed by atoms with Gasteiger partial charge in [0, 0.05) is 7.11 Å². The lowest BCUT2D eigenvalue weighted by Gasteiger charge is -1.97. The van der Waals surface area contributed by atoms with Gasteiger partial charge in [-0.3, -0.25) is 0 Å². The molecule has 7 heavy (non-hydrogen) atoms. The van der Waals surface area contributed by atoms with Crippen molar-refractivity contribution < 1.29 is 9.84 Å². The van der Waals surface area contributed by atoms with Crippen molar-refractivity contribution >= 4 is 12.4 Å². The van der Waals surface area contributed by atoms with E-state index in [0.29, 0.717) is 6.61 Å². The molecule has 0 saturated carbocycles. The van der Waals surface area contributed by atoms with Gasteiger partial charge in [-0.1, -0.05) is 0 Å². The standard InChI is InChI=1S/C4H10O2.ClH/c1-4(5)3-6-2;/h4-5H,3H2,1-2H3;1H. The quantitative estimate of drug-likeness (QED) is 0.582. The third kappa shape index (κ3) is 10.7. The van der Waals surface area contributed by atoms with Gasteiger partial charge in [-0.15, -0.1) is 12.4 Å². The van der Waals surface area contributed by atoms with Crippen molar-refractivity contribution in [3.05, 3.63) is 0 Å². The number of hydrogen-bond donors (Lipinski definition) is 1. The van der Waals surface area contributed by atoms with Gasteiger partial charge in [-0.25, -0.2) is 0 Å². The highest BCUT2D eigenvalue weighted by molar-refractivity contribution is 5.85. The number of halogens is 1. The number of aliphatic hydroxyl groups is 1. The molecule has 0 radical (unpaired) electrons. The van der Waals surface area contributed by atoms with E-state index in [0.717, 1.165) is 0 Å². The summed E-state index contributed by atoms with van der Waals surface area (Å²) in [5.74, 6) is 0. The number of ether oxygens (including phenoxy) is 1. The van der Waals surface area contributed by atoms with Gasteiger partial charge in [-0.05, 0) is 6.92 Å². The molecule has 46 valence electrons. The van der Waals surface area contributed by atoms with Crippen molar-refractivity contribution in [3.8, 4) is 0 Å². The predicted molar refractivity (Wildman–Crippen MR) is 30.8 cm³/mol. The summed E-state index contributed by atoms with van der Waals surface area (Å²) in [6.45, 7) is 2.11. The molecule has 0 heterocycles. The van der Waals surface area contributed by atoms with Gasteiger partial charge in [-0.2, -0.15) is 0 Å². The normalized spacial score (nSPS) is 12.4. The zero-order valence-corrected chi connectivity index (χ0v) is 5.36. The molecule has 0 rings (SSSR count). The van der Waals surface area contributed by atoms with E-state index < -0.39 is 0 Å². The first-order valence-corrected chi connectivity index (χ1v) is 1.94. The molecule has 0 aliphatic heterocycles. The molecule has 0 saturated heterocycles. The molecule has 0 aliphatic carbocycles. The molecule has 1 unspecified atom stereocenters. The maximum absolute atomic E-state index is 8.43. The Morgan fingerprint density at radius 1 is 1.71 bits per heavy atom. The van der Waals surface area contributed by atoms with E-state index >= 15 is 0 Å². The van der Waals surface area contributed by atoms with Gasteiger partial charge in [0.25, 0.3) is 0 Å². The van der Waals surface area contributed by atoms with E-state index in [-0.39, 0.29) is 18.5 Å². The Bertz CT molecular complexity index is 30.9. The maximum atomic E-state index is 8.43. The summed E-state index contributed by atoms with van der Waals surface area (Å²) < 4.78 is 4.55. The molecule has 0 aromatic rings. The molecular formula is C4H11ClO2. The third-order valence-corrected chi connectivity index (χ3v) is 0.408. The SMILES string of the molecule is COCC(C)O.Cl. The zero-order valence-electron chi connectivity index (χ0n) is 4.55. The maximum Gasteiger partial charge on any atom is 0.0745 e. The van der Waals surface area contributed by atoms with Crippen molar-refractivity contribution in [1.29, 1.82) is 0 Å². The summed E-state index contributed by atoms with van der Waals surface area (Å²) in [6.07, 6.45) is -0.324. The van der Waals surface area contributed by atoms with E-state index in [1.165, 1.54) is 0 Å². The summed E-state index contributed by atoms with van der Waals surface area (Å²) in [7, 11) is 1.56. The van der Waals surface area contributed by atoms with Crippen LogP contribution in [-0.4, -0.2) is 24.9 Å². The van der Waals surface area contributed by atoms with E-state index in [1.54, 1.807) is 14.0 Å². The van der Waals surface area contributed by atoms with Gasteiger partial charge in [0.05, 0.1) is 12.7 Å². The van der Waals surface area contributed by atoms with Crippen LogP contribution in [0, 0.1) is 0 Å². The fourth-order valence-corrected chi connectivity index (χ4v) is 0.241. The van der Waals surface area contributed by atoms with Crippen LogP contribution >= 0.6 is 12.4 Å². The Morgan fingerprint density at radius 3 is 2.14 bits per heavy atom. The molecule has 1 N–H and O–H groups in total. The monoisotopic (exact) mass is 126 g/mol. The van der Waals surface area contributed by atoms with Crippen LogP contribution in [0.25, 0.3) is 0 Å². The molecular weight excluding hydrogens is 115 g/mol. The van der Waals surface area contributed by atoms with Crippen LogP contribution in [0.1, 0.15) is 6.92 Å². The lowest BCUT2D eigenvalue weighted by Crippen LogP contribution is -2.07. The minimum absolute atomic E-state index is 0. The Morgan fingerprint density at radius 2 is 2.14 bits per heavy atom. The van der Waals surface area contributed by atoms with Gasteiger partial charge in [0.1, 0.15) is 0 Å². The Kier molecular flexibility index (Phi) is 9.09. The highest BCUT2D eigenvalue weighted by atomic mass is 35.5. The molecule has 0 aromatic heterocycles. The number of hydrogen-bond acceptors (Lipinski definition) is 2. The van der Waals surface area contributed by atoms with E-state index in [2.05, 4.69) is 4.74 Å². The van der Waals surface area contributed by atoms with Crippen LogP contribution in [0.2, 0.25) is 0 Å². The van der Waals surface area contributed by atoms with E-state index in [4.69, 9.17) is 5.11 Å². The van der Waals surface area contributed by atoms with Crippen molar-refractivity contribution in [2.45, 2.75) is 13.0 Å². The summed E-state index contributed by atoms with van der Waals surface area (Å²) in [6, 6.07) is 0. The minimum Gasteiger partial charge on any atom is -0.391 e. The van der Waals surface area contributed by atoms with Crippen LogP contribution in [0.5, 0.6) is 0 Å². The zero-order chi connectivity index (χ0) is 4.99. The first-order valence-electron chi connectivity index (χ1n) is 1.94. The molecule has 0 fully saturated rings. The van der Waals surface area contributed by atoms with Gasteiger partial charge in [0.2, 0.25) is 0 Å². The average Bonchev–Trinajstić information content (AvgIpc) is 1.35. The summed E-state index contributed by atoms with van der Waals surface area (Å²) >= 11 is 0. The van der Waals surface area contributed by atoms with Crippen LogP contribution in [-0.2, 0) is 4.74 Å². The first-order chi connectivity index (χ1) is 2.77. The highest BCUT2D eigenvalue weighted by Gasteiger charge is 1.87. The molecule has 0 spiro atoms. The Balaban J connectivity index is 0. The van der Waals surface area contributed by atoms with Crippen LogP contribution in [0.4, 0.5) is 0 Å². The fraction of sp³-hybridized carbons (Fsp3) is 1.00. The number of methoxy groups -OCH3 is 1.